The summed E-state index contributed by atoms with van der Waals surface area (Å²) in [4.78, 5) is 5.77. The van der Waals surface area contributed by atoms with E-state index < -0.39 is 0 Å². The summed E-state index contributed by atoms with van der Waals surface area (Å²) in [6.07, 6.45) is 25.7. The average molecular weight is 413 g/mol. The van der Waals surface area contributed by atoms with Crippen LogP contribution in [0.5, 0.6) is 0 Å². The Morgan fingerprint density at radius 1 is 0.900 bits per heavy atom. The first-order valence-corrected chi connectivity index (χ1v) is 12.7. The molecule has 2 aliphatic heterocycles. The topological polar surface area (TPSA) is 33.6 Å². The molecule has 1 saturated heterocycles. The number of rotatable bonds is 5. The van der Waals surface area contributed by atoms with Gasteiger partial charge < -0.3 is 10.2 Å². The first kappa shape index (κ1) is 23.3. The van der Waals surface area contributed by atoms with Gasteiger partial charge in [-0.15, -0.1) is 0 Å². The van der Waals surface area contributed by atoms with Gasteiger partial charge in [-0.25, -0.2) is 0 Å². The minimum Gasteiger partial charge on any atom is -0.387 e. The van der Waals surface area contributed by atoms with Crippen molar-refractivity contribution in [1.82, 2.24) is 5.32 Å². The van der Waals surface area contributed by atoms with Gasteiger partial charge >= 0.3 is 0 Å². The molecule has 2 heterocycles. The molecule has 3 nitrogen and oxygen atoms in total. The highest BCUT2D eigenvalue weighted by Crippen LogP contribution is 2.33. The monoisotopic (exact) mass is 412 g/mol. The Balaban J connectivity index is 1.46. The van der Waals surface area contributed by atoms with Crippen molar-refractivity contribution >= 4 is 5.71 Å². The number of nitrogens with zero attached hydrogens (tertiary/aromatic N) is 1. The second-order valence-electron chi connectivity index (χ2n) is 9.66. The minimum atomic E-state index is 0.0358. The lowest BCUT2D eigenvalue weighted by molar-refractivity contribution is 0.114. The van der Waals surface area contributed by atoms with E-state index in [1.54, 1.807) is 0 Å². The molecule has 168 valence electrons. The Kier molecular flexibility index (Phi) is 10.2. The zero-order valence-electron chi connectivity index (χ0n) is 19.3. The van der Waals surface area contributed by atoms with Gasteiger partial charge in [-0.1, -0.05) is 87.4 Å². The molecule has 1 unspecified atom stereocenters. The quantitative estimate of drug-likeness (QED) is 0.495. The van der Waals surface area contributed by atoms with Crippen molar-refractivity contribution in [2.75, 3.05) is 13.1 Å². The largest absolute Gasteiger partial charge is 0.387 e. The van der Waals surface area contributed by atoms with E-state index in [1.165, 1.54) is 95.9 Å². The maximum atomic E-state index is 5.77. The zero-order valence-corrected chi connectivity index (χ0v) is 19.3. The van der Waals surface area contributed by atoms with Crippen LogP contribution in [0.4, 0.5) is 0 Å². The summed E-state index contributed by atoms with van der Waals surface area (Å²) in [7, 11) is 0. The third-order valence-corrected chi connectivity index (χ3v) is 7.50. The molecule has 0 aromatic heterocycles. The molecule has 1 aliphatic carbocycles. The normalized spacial score (nSPS) is 30.6. The van der Waals surface area contributed by atoms with E-state index in [0.717, 1.165) is 23.8 Å². The fraction of sp³-hybridized carbons (Fsp3) is 0.741. The smallest absolute Gasteiger partial charge is 0.157 e. The van der Waals surface area contributed by atoms with Crippen molar-refractivity contribution < 1.29 is 4.84 Å². The third-order valence-electron chi connectivity index (χ3n) is 7.50. The molecule has 1 N–H and O–H groups in total. The summed E-state index contributed by atoms with van der Waals surface area (Å²) < 4.78 is 0. The van der Waals surface area contributed by atoms with Crippen LogP contribution in [0, 0.1) is 17.8 Å². The number of hydrogen-bond donors (Lipinski definition) is 1. The molecule has 3 rings (SSSR count). The van der Waals surface area contributed by atoms with Crippen molar-refractivity contribution in [3.8, 4) is 0 Å². The van der Waals surface area contributed by atoms with E-state index in [9.17, 15) is 0 Å². The molecule has 0 aromatic rings. The second kappa shape index (κ2) is 13.1. The lowest BCUT2D eigenvalue weighted by Crippen LogP contribution is -2.31. The summed E-state index contributed by atoms with van der Waals surface area (Å²) >= 11 is 0. The number of nitrogens with one attached hydrogen (secondary N) is 1. The molecule has 3 aliphatic rings. The number of piperidine rings is 1. The van der Waals surface area contributed by atoms with E-state index in [4.69, 9.17) is 4.84 Å². The molecule has 1 atom stereocenters. The molecule has 0 spiro atoms. The van der Waals surface area contributed by atoms with Crippen LogP contribution < -0.4 is 5.32 Å². The number of allylic oxidation sites excluding steroid dienone is 3. The maximum Gasteiger partial charge on any atom is 0.157 e. The average Bonchev–Trinajstić information content (AvgIpc) is 3.25. The summed E-state index contributed by atoms with van der Waals surface area (Å²) in [5, 5.41) is 8.07. The van der Waals surface area contributed by atoms with E-state index >= 15 is 0 Å². The lowest BCUT2D eigenvalue weighted by Gasteiger charge is -2.31. The van der Waals surface area contributed by atoms with Crippen molar-refractivity contribution in [3.05, 3.63) is 36.5 Å². The molecule has 0 aromatic carbocycles. The molecule has 3 heteroatoms. The highest BCUT2D eigenvalue weighted by molar-refractivity contribution is 5.88. The fourth-order valence-electron chi connectivity index (χ4n) is 5.59. The first-order valence-electron chi connectivity index (χ1n) is 12.7. The summed E-state index contributed by atoms with van der Waals surface area (Å²) in [6.45, 7) is 8.70. The van der Waals surface area contributed by atoms with E-state index in [1.807, 2.05) is 25.2 Å². The van der Waals surface area contributed by atoms with Crippen LogP contribution in [-0.2, 0) is 4.84 Å². The molecule has 0 bridgehead atoms. The van der Waals surface area contributed by atoms with Gasteiger partial charge in [0.2, 0.25) is 0 Å². The second-order valence-corrected chi connectivity index (χ2v) is 9.66. The Bertz CT molecular complexity index is 586. The van der Waals surface area contributed by atoms with Crippen LogP contribution >= 0.6 is 0 Å². The predicted molar refractivity (Wildman–Crippen MR) is 129 cm³/mol. The molecule has 0 amide bonds. The Morgan fingerprint density at radius 3 is 2.20 bits per heavy atom. The van der Waals surface area contributed by atoms with Gasteiger partial charge in [0, 0.05) is 12.3 Å². The van der Waals surface area contributed by atoms with Crippen LogP contribution in [0.3, 0.4) is 0 Å². The van der Waals surface area contributed by atoms with Crippen LogP contribution in [0.15, 0.2) is 41.6 Å². The number of hydrogen-bond acceptors (Lipinski definition) is 3. The van der Waals surface area contributed by atoms with Gasteiger partial charge in [-0.05, 0) is 63.1 Å². The maximum absolute atomic E-state index is 5.77. The molecule has 0 radical (unpaired) electrons. The van der Waals surface area contributed by atoms with E-state index in [-0.39, 0.29) is 6.10 Å². The molecular formula is C27H44N2O. The highest BCUT2D eigenvalue weighted by Gasteiger charge is 2.28. The van der Waals surface area contributed by atoms with Crippen LogP contribution in [0.2, 0.25) is 0 Å². The SMILES string of the molecule is C=C(/C=C\C=C/C)C1CC(C2CCCCCC(C3CCNCC3)CCCCC2)=NO1. The van der Waals surface area contributed by atoms with E-state index in [2.05, 4.69) is 23.1 Å². The summed E-state index contributed by atoms with van der Waals surface area (Å²) in [5.74, 6) is 2.58. The zero-order chi connectivity index (χ0) is 21.0. The van der Waals surface area contributed by atoms with Crippen LogP contribution in [-0.4, -0.2) is 24.9 Å². The van der Waals surface area contributed by atoms with Crippen LogP contribution in [0.1, 0.15) is 90.4 Å². The predicted octanol–water partition coefficient (Wildman–Crippen LogP) is 6.97. The molecule has 1 saturated carbocycles. The standard InChI is InChI=1S/C27H44N2O/c1-3-4-7-12-22(2)27-21-26(29-30-27)25-15-10-5-8-13-23(14-9-6-11-16-25)24-17-19-28-20-18-24/h3-4,7,12,23-25,27-28H,2,5-6,8-11,13-21H2,1H3/b4-3-,12-7-. The Labute approximate surface area is 185 Å². The van der Waals surface area contributed by atoms with Crippen molar-refractivity contribution in [3.63, 3.8) is 0 Å². The summed E-state index contributed by atoms with van der Waals surface area (Å²) in [6, 6.07) is 0. The van der Waals surface area contributed by atoms with Crippen molar-refractivity contribution in [2.45, 2.75) is 96.5 Å². The molecule has 2 fully saturated rings. The third kappa shape index (κ3) is 7.41. The molecular weight excluding hydrogens is 368 g/mol. The number of oxime groups is 1. The van der Waals surface area contributed by atoms with Crippen molar-refractivity contribution in [1.29, 1.82) is 0 Å². The Morgan fingerprint density at radius 2 is 1.53 bits per heavy atom. The minimum absolute atomic E-state index is 0.0358. The Hall–Kier alpha value is -1.35. The van der Waals surface area contributed by atoms with Gasteiger partial charge in [0.1, 0.15) is 0 Å². The van der Waals surface area contributed by atoms with Gasteiger partial charge in [-0.3, -0.25) is 0 Å². The van der Waals surface area contributed by atoms with Gasteiger partial charge in [-0.2, -0.15) is 0 Å². The van der Waals surface area contributed by atoms with Gasteiger partial charge in [0.05, 0.1) is 5.71 Å². The van der Waals surface area contributed by atoms with Crippen molar-refractivity contribution in [2.24, 2.45) is 22.9 Å². The summed E-state index contributed by atoms with van der Waals surface area (Å²) in [5.41, 5.74) is 2.33. The lowest BCUT2D eigenvalue weighted by atomic mass is 9.78. The van der Waals surface area contributed by atoms with Gasteiger partial charge in [0.15, 0.2) is 6.10 Å². The fourth-order valence-corrected chi connectivity index (χ4v) is 5.59. The molecule has 30 heavy (non-hydrogen) atoms. The van der Waals surface area contributed by atoms with E-state index in [0.29, 0.717) is 5.92 Å². The van der Waals surface area contributed by atoms with Gasteiger partial charge in [0.25, 0.3) is 0 Å². The highest BCUT2D eigenvalue weighted by atomic mass is 16.6. The van der Waals surface area contributed by atoms with Crippen LogP contribution in [0.25, 0.3) is 0 Å². The first-order chi connectivity index (χ1) is 14.8.